The van der Waals surface area contributed by atoms with Crippen molar-refractivity contribution >= 4 is 17.5 Å². The van der Waals surface area contributed by atoms with Crippen LogP contribution in [0.2, 0.25) is 0 Å². The fourth-order valence-electron chi connectivity index (χ4n) is 2.02. The molecule has 0 aliphatic heterocycles. The van der Waals surface area contributed by atoms with E-state index in [0.717, 1.165) is 12.8 Å². The van der Waals surface area contributed by atoms with Crippen LogP contribution in [0.25, 0.3) is 0 Å². The van der Waals surface area contributed by atoms with E-state index in [-0.39, 0.29) is 23.7 Å². The van der Waals surface area contributed by atoms with Crippen molar-refractivity contribution in [3.8, 4) is 0 Å². The lowest BCUT2D eigenvalue weighted by Crippen LogP contribution is -2.40. The summed E-state index contributed by atoms with van der Waals surface area (Å²) in [6.07, 6.45) is 3.17. The molecule has 1 aromatic rings. The van der Waals surface area contributed by atoms with Crippen LogP contribution in [-0.2, 0) is 9.59 Å². The Bertz CT molecular complexity index is 519. The van der Waals surface area contributed by atoms with Crippen molar-refractivity contribution in [1.82, 2.24) is 5.32 Å². The molecule has 0 heterocycles. The third kappa shape index (κ3) is 2.45. The number of carbonyl (C=O) groups is 2. The van der Waals surface area contributed by atoms with E-state index in [1.54, 1.807) is 0 Å². The summed E-state index contributed by atoms with van der Waals surface area (Å²) in [4.78, 5) is 24.2. The first-order valence-electron chi connectivity index (χ1n) is 6.48. The number of halogens is 1. The van der Waals surface area contributed by atoms with E-state index in [2.05, 4.69) is 10.6 Å². The second-order valence-electron chi connectivity index (χ2n) is 5.29. The van der Waals surface area contributed by atoms with Gasteiger partial charge in [-0.15, -0.1) is 0 Å². The zero-order valence-electron chi connectivity index (χ0n) is 10.4. The molecule has 0 spiro atoms. The first-order chi connectivity index (χ1) is 9.10. The molecule has 0 saturated heterocycles. The number of anilines is 1. The molecule has 2 saturated carbocycles. The van der Waals surface area contributed by atoms with Crippen LogP contribution in [0, 0.1) is 11.2 Å². The number of nitrogens with one attached hydrogen (secondary N) is 2. The van der Waals surface area contributed by atoms with Crippen LogP contribution in [0.5, 0.6) is 0 Å². The zero-order valence-corrected chi connectivity index (χ0v) is 10.4. The minimum Gasteiger partial charge on any atom is -0.352 e. The van der Waals surface area contributed by atoms with E-state index in [1.165, 1.54) is 24.3 Å². The maximum atomic E-state index is 12.8. The van der Waals surface area contributed by atoms with E-state index < -0.39 is 5.41 Å². The number of carbonyl (C=O) groups excluding carboxylic acids is 2. The van der Waals surface area contributed by atoms with Crippen molar-refractivity contribution in [1.29, 1.82) is 0 Å². The van der Waals surface area contributed by atoms with Crippen molar-refractivity contribution in [3.63, 3.8) is 0 Å². The normalized spacial score (nSPS) is 19.6. The highest BCUT2D eigenvalue weighted by atomic mass is 19.1. The SMILES string of the molecule is O=C(Nc1ccc(F)cc1)C1(C(=O)NC2CC2)CC1. The average molecular weight is 262 g/mol. The summed E-state index contributed by atoms with van der Waals surface area (Å²) in [7, 11) is 0. The van der Waals surface area contributed by atoms with Gasteiger partial charge in [0.15, 0.2) is 0 Å². The second-order valence-corrected chi connectivity index (χ2v) is 5.29. The number of amides is 2. The number of rotatable bonds is 4. The topological polar surface area (TPSA) is 58.2 Å². The van der Waals surface area contributed by atoms with Gasteiger partial charge in [-0.2, -0.15) is 0 Å². The molecule has 3 rings (SSSR count). The van der Waals surface area contributed by atoms with Crippen molar-refractivity contribution in [3.05, 3.63) is 30.1 Å². The molecule has 4 nitrogen and oxygen atoms in total. The van der Waals surface area contributed by atoms with Gasteiger partial charge < -0.3 is 10.6 Å². The molecule has 0 aromatic heterocycles. The highest BCUT2D eigenvalue weighted by Gasteiger charge is 2.57. The Hall–Kier alpha value is -1.91. The molecular weight excluding hydrogens is 247 g/mol. The third-order valence-corrected chi connectivity index (χ3v) is 3.63. The lowest BCUT2D eigenvalue weighted by molar-refractivity contribution is -0.134. The van der Waals surface area contributed by atoms with Gasteiger partial charge in [0.2, 0.25) is 11.8 Å². The van der Waals surface area contributed by atoms with Gasteiger partial charge >= 0.3 is 0 Å². The van der Waals surface area contributed by atoms with Crippen LogP contribution < -0.4 is 10.6 Å². The Morgan fingerprint density at radius 3 is 2.26 bits per heavy atom. The molecule has 1 aromatic carbocycles. The Labute approximate surface area is 110 Å². The maximum Gasteiger partial charge on any atom is 0.240 e. The largest absolute Gasteiger partial charge is 0.352 e. The summed E-state index contributed by atoms with van der Waals surface area (Å²) in [6, 6.07) is 5.78. The summed E-state index contributed by atoms with van der Waals surface area (Å²) in [5, 5.41) is 5.55. The van der Waals surface area contributed by atoms with Crippen LogP contribution in [0.15, 0.2) is 24.3 Å². The first-order valence-corrected chi connectivity index (χ1v) is 6.48. The third-order valence-electron chi connectivity index (χ3n) is 3.63. The summed E-state index contributed by atoms with van der Waals surface area (Å²) >= 11 is 0. The minimum atomic E-state index is -0.906. The smallest absolute Gasteiger partial charge is 0.240 e. The molecule has 2 N–H and O–H groups in total. The van der Waals surface area contributed by atoms with Gasteiger partial charge in [0.1, 0.15) is 11.2 Å². The molecular formula is C14H15FN2O2. The Balaban J connectivity index is 1.65. The first kappa shape index (κ1) is 12.1. The molecule has 2 aliphatic carbocycles. The van der Waals surface area contributed by atoms with Crippen LogP contribution in [0.4, 0.5) is 10.1 Å². The highest BCUT2D eigenvalue weighted by Crippen LogP contribution is 2.47. The number of hydrogen-bond acceptors (Lipinski definition) is 2. The van der Waals surface area contributed by atoms with E-state index in [9.17, 15) is 14.0 Å². The zero-order chi connectivity index (χ0) is 13.5. The van der Waals surface area contributed by atoms with Gasteiger partial charge in [0, 0.05) is 11.7 Å². The van der Waals surface area contributed by atoms with Gasteiger partial charge in [-0.05, 0) is 49.9 Å². The van der Waals surface area contributed by atoms with Crippen LogP contribution in [0.3, 0.4) is 0 Å². The van der Waals surface area contributed by atoms with Crippen molar-refractivity contribution < 1.29 is 14.0 Å². The maximum absolute atomic E-state index is 12.8. The molecule has 0 bridgehead atoms. The Kier molecular flexibility index (Phi) is 2.77. The number of benzene rings is 1. The summed E-state index contributed by atoms with van der Waals surface area (Å²) in [5.74, 6) is -0.822. The summed E-state index contributed by atoms with van der Waals surface area (Å²) in [5.41, 5.74) is -0.395. The molecule has 5 heteroatoms. The van der Waals surface area contributed by atoms with E-state index >= 15 is 0 Å². The lowest BCUT2D eigenvalue weighted by Gasteiger charge is -2.15. The predicted molar refractivity (Wildman–Crippen MR) is 67.9 cm³/mol. The monoisotopic (exact) mass is 262 g/mol. The molecule has 0 unspecified atom stereocenters. The lowest BCUT2D eigenvalue weighted by atomic mass is 10.0. The molecule has 2 amide bonds. The summed E-state index contributed by atoms with van der Waals surface area (Å²) < 4.78 is 12.8. The quantitative estimate of drug-likeness (QED) is 0.813. The van der Waals surface area contributed by atoms with Gasteiger partial charge in [-0.1, -0.05) is 0 Å². The Morgan fingerprint density at radius 1 is 1.11 bits per heavy atom. The highest BCUT2D eigenvalue weighted by molar-refractivity contribution is 6.13. The van der Waals surface area contributed by atoms with E-state index in [1.807, 2.05) is 0 Å². The molecule has 2 aliphatic rings. The number of hydrogen-bond donors (Lipinski definition) is 2. The van der Waals surface area contributed by atoms with Crippen molar-refractivity contribution in [2.45, 2.75) is 31.7 Å². The van der Waals surface area contributed by atoms with Gasteiger partial charge in [0.05, 0.1) is 0 Å². The molecule has 0 atom stereocenters. The summed E-state index contributed by atoms with van der Waals surface area (Å²) in [6.45, 7) is 0. The van der Waals surface area contributed by atoms with Gasteiger partial charge in [-0.3, -0.25) is 9.59 Å². The standard InChI is InChI=1S/C14H15FN2O2/c15-9-1-3-10(4-2-9)16-12(18)14(7-8-14)13(19)17-11-5-6-11/h1-4,11H,5-8H2,(H,16,18)(H,17,19). The fourth-order valence-corrected chi connectivity index (χ4v) is 2.02. The fraction of sp³-hybridized carbons (Fsp3) is 0.429. The molecule has 19 heavy (non-hydrogen) atoms. The Morgan fingerprint density at radius 2 is 1.74 bits per heavy atom. The van der Waals surface area contributed by atoms with Crippen LogP contribution in [0.1, 0.15) is 25.7 Å². The second kappa shape index (κ2) is 4.33. The van der Waals surface area contributed by atoms with Crippen LogP contribution >= 0.6 is 0 Å². The minimum absolute atomic E-state index is 0.172. The van der Waals surface area contributed by atoms with Gasteiger partial charge in [-0.25, -0.2) is 4.39 Å². The molecule has 0 radical (unpaired) electrons. The molecule has 2 fully saturated rings. The van der Waals surface area contributed by atoms with Crippen molar-refractivity contribution in [2.24, 2.45) is 5.41 Å². The van der Waals surface area contributed by atoms with Crippen molar-refractivity contribution in [2.75, 3.05) is 5.32 Å². The van der Waals surface area contributed by atoms with Gasteiger partial charge in [0.25, 0.3) is 0 Å². The van der Waals surface area contributed by atoms with E-state index in [4.69, 9.17) is 0 Å². The van der Waals surface area contributed by atoms with Crippen LogP contribution in [-0.4, -0.2) is 17.9 Å². The van der Waals surface area contributed by atoms with E-state index in [0.29, 0.717) is 18.5 Å². The predicted octanol–water partition coefficient (Wildman–Crippen LogP) is 1.82. The molecule has 100 valence electrons. The average Bonchev–Trinajstić information content (AvgIpc) is 3.25.